The van der Waals surface area contributed by atoms with Gasteiger partial charge in [-0.05, 0) is 31.4 Å². The number of nitrogens with one attached hydrogen (secondary N) is 2. The zero-order valence-corrected chi connectivity index (χ0v) is 15.9. The van der Waals surface area contributed by atoms with Crippen LogP contribution in [-0.4, -0.2) is 39.9 Å². The highest BCUT2D eigenvalue weighted by atomic mass is 16.5. The lowest BCUT2D eigenvalue weighted by molar-refractivity contribution is 0.235. The van der Waals surface area contributed by atoms with Crippen LogP contribution in [0.4, 0.5) is 0 Å². The summed E-state index contributed by atoms with van der Waals surface area (Å²) in [7, 11) is 0. The lowest BCUT2D eigenvalue weighted by Gasteiger charge is -2.15. The molecule has 0 bridgehead atoms. The SMILES string of the molecule is CCNC(=NCc1nnc2n1CCCCC2)NCC1Cc2ccccc2O1. The van der Waals surface area contributed by atoms with E-state index in [1.807, 2.05) is 12.1 Å². The predicted molar refractivity (Wildman–Crippen MR) is 105 cm³/mol. The first-order valence-corrected chi connectivity index (χ1v) is 10.0. The van der Waals surface area contributed by atoms with Gasteiger partial charge in [-0.2, -0.15) is 0 Å². The molecule has 144 valence electrons. The monoisotopic (exact) mass is 368 g/mol. The largest absolute Gasteiger partial charge is 0.488 e. The van der Waals surface area contributed by atoms with Crippen LogP contribution in [0.5, 0.6) is 5.75 Å². The van der Waals surface area contributed by atoms with Crippen LogP contribution in [0.2, 0.25) is 0 Å². The number of ether oxygens (including phenoxy) is 1. The minimum Gasteiger partial charge on any atom is -0.488 e. The zero-order chi connectivity index (χ0) is 18.5. The molecule has 2 N–H and O–H groups in total. The molecule has 1 unspecified atom stereocenters. The molecule has 0 radical (unpaired) electrons. The molecule has 1 aromatic heterocycles. The average molecular weight is 368 g/mol. The van der Waals surface area contributed by atoms with Crippen molar-refractivity contribution in [3.63, 3.8) is 0 Å². The van der Waals surface area contributed by atoms with Gasteiger partial charge in [0, 0.05) is 25.9 Å². The molecule has 0 saturated heterocycles. The lowest BCUT2D eigenvalue weighted by atomic mass is 10.1. The summed E-state index contributed by atoms with van der Waals surface area (Å²) in [5, 5.41) is 15.4. The summed E-state index contributed by atoms with van der Waals surface area (Å²) in [6, 6.07) is 8.24. The first kappa shape index (κ1) is 17.8. The standard InChI is InChI=1S/C20H28N6O/c1-2-21-20(22-13-16-12-15-8-5-6-9-17(15)27-16)23-14-19-25-24-18-10-4-3-7-11-26(18)19/h5-6,8-9,16H,2-4,7,10-14H2,1H3,(H2,21,22,23). The van der Waals surface area contributed by atoms with Gasteiger partial charge in [-0.1, -0.05) is 24.6 Å². The van der Waals surface area contributed by atoms with E-state index in [1.165, 1.54) is 24.8 Å². The van der Waals surface area contributed by atoms with Crippen LogP contribution in [-0.2, 0) is 25.9 Å². The van der Waals surface area contributed by atoms with Gasteiger partial charge in [0.15, 0.2) is 11.8 Å². The molecule has 0 saturated carbocycles. The first-order chi connectivity index (χ1) is 13.3. The first-order valence-electron chi connectivity index (χ1n) is 10.0. The minimum absolute atomic E-state index is 0.135. The molecule has 7 nitrogen and oxygen atoms in total. The summed E-state index contributed by atoms with van der Waals surface area (Å²) in [6.45, 7) is 5.15. The third-order valence-corrected chi connectivity index (χ3v) is 5.12. The maximum atomic E-state index is 6.00. The summed E-state index contributed by atoms with van der Waals surface area (Å²) < 4.78 is 8.25. The molecule has 7 heteroatoms. The van der Waals surface area contributed by atoms with E-state index >= 15 is 0 Å². The molecule has 0 amide bonds. The molecule has 2 aliphatic rings. The number of benzene rings is 1. The van der Waals surface area contributed by atoms with Crippen LogP contribution < -0.4 is 15.4 Å². The highest BCUT2D eigenvalue weighted by Crippen LogP contribution is 2.27. The van der Waals surface area contributed by atoms with Gasteiger partial charge in [-0.25, -0.2) is 4.99 Å². The number of guanidine groups is 1. The molecule has 2 aliphatic heterocycles. The molecule has 2 aromatic rings. The van der Waals surface area contributed by atoms with Crippen molar-refractivity contribution in [2.75, 3.05) is 13.1 Å². The van der Waals surface area contributed by atoms with Crippen LogP contribution in [0.15, 0.2) is 29.3 Å². The van der Waals surface area contributed by atoms with Crippen molar-refractivity contribution in [3.8, 4) is 5.75 Å². The van der Waals surface area contributed by atoms with Crippen LogP contribution in [0.1, 0.15) is 43.4 Å². The normalized spacial score (nSPS) is 19.0. The Morgan fingerprint density at radius 1 is 1.22 bits per heavy atom. The Balaban J connectivity index is 1.36. The van der Waals surface area contributed by atoms with Gasteiger partial charge < -0.3 is 19.9 Å². The molecule has 1 aromatic carbocycles. The Morgan fingerprint density at radius 2 is 2.15 bits per heavy atom. The number of fused-ring (bicyclic) bond motifs is 2. The molecule has 1 atom stereocenters. The Bertz CT molecular complexity index is 775. The van der Waals surface area contributed by atoms with E-state index in [4.69, 9.17) is 9.73 Å². The second-order valence-electron chi connectivity index (χ2n) is 7.12. The van der Waals surface area contributed by atoms with E-state index in [2.05, 4.69) is 44.5 Å². The molecule has 4 rings (SSSR count). The van der Waals surface area contributed by atoms with Gasteiger partial charge in [0.05, 0.1) is 6.54 Å². The summed E-state index contributed by atoms with van der Waals surface area (Å²) in [4.78, 5) is 4.72. The third-order valence-electron chi connectivity index (χ3n) is 5.12. The maximum Gasteiger partial charge on any atom is 0.191 e. The van der Waals surface area contributed by atoms with Crippen molar-refractivity contribution in [1.29, 1.82) is 0 Å². The van der Waals surface area contributed by atoms with Gasteiger partial charge in [0.1, 0.15) is 24.2 Å². The summed E-state index contributed by atoms with van der Waals surface area (Å²) in [5.41, 5.74) is 1.28. The van der Waals surface area contributed by atoms with Crippen LogP contribution in [0.3, 0.4) is 0 Å². The van der Waals surface area contributed by atoms with Crippen molar-refractivity contribution in [2.24, 2.45) is 4.99 Å². The summed E-state index contributed by atoms with van der Waals surface area (Å²) >= 11 is 0. The van der Waals surface area contributed by atoms with Gasteiger partial charge in [0.25, 0.3) is 0 Å². The van der Waals surface area contributed by atoms with Crippen LogP contribution >= 0.6 is 0 Å². The second kappa shape index (κ2) is 8.41. The Labute approximate surface area is 160 Å². The van der Waals surface area contributed by atoms with Crippen molar-refractivity contribution >= 4 is 5.96 Å². The molecule has 0 aliphatic carbocycles. The molecular weight excluding hydrogens is 340 g/mol. The quantitative estimate of drug-likeness (QED) is 0.624. The van der Waals surface area contributed by atoms with E-state index < -0.39 is 0 Å². The lowest BCUT2D eigenvalue weighted by Crippen LogP contribution is -2.42. The van der Waals surface area contributed by atoms with E-state index in [-0.39, 0.29) is 6.10 Å². The van der Waals surface area contributed by atoms with Crippen molar-refractivity contribution in [3.05, 3.63) is 41.5 Å². The fourth-order valence-electron chi connectivity index (χ4n) is 3.73. The van der Waals surface area contributed by atoms with Gasteiger partial charge in [-0.15, -0.1) is 10.2 Å². The maximum absolute atomic E-state index is 6.00. The predicted octanol–water partition coefficient (Wildman–Crippen LogP) is 2.06. The van der Waals surface area contributed by atoms with Crippen molar-refractivity contribution < 1.29 is 4.74 Å². The van der Waals surface area contributed by atoms with Crippen molar-refractivity contribution in [2.45, 2.75) is 58.2 Å². The van der Waals surface area contributed by atoms with E-state index in [1.54, 1.807) is 0 Å². The van der Waals surface area contributed by atoms with Gasteiger partial charge in [-0.3, -0.25) is 0 Å². The third kappa shape index (κ3) is 4.23. The molecule has 0 spiro atoms. The number of aryl methyl sites for hydroxylation is 1. The van der Waals surface area contributed by atoms with E-state index in [9.17, 15) is 0 Å². The minimum atomic E-state index is 0.135. The Kier molecular flexibility index (Phi) is 5.55. The fourth-order valence-corrected chi connectivity index (χ4v) is 3.73. The number of para-hydroxylation sites is 1. The molecule has 0 fully saturated rings. The zero-order valence-electron chi connectivity index (χ0n) is 15.9. The number of hydrogen-bond acceptors (Lipinski definition) is 4. The number of aliphatic imine (C=N–C) groups is 1. The number of aromatic nitrogens is 3. The highest BCUT2D eigenvalue weighted by Gasteiger charge is 2.22. The Hall–Kier alpha value is -2.57. The smallest absolute Gasteiger partial charge is 0.191 e. The summed E-state index contributed by atoms with van der Waals surface area (Å²) in [6.07, 6.45) is 5.75. The topological polar surface area (TPSA) is 76.4 Å². The average Bonchev–Trinajstić information content (AvgIpc) is 3.20. The number of nitrogens with zero attached hydrogens (tertiary/aromatic N) is 4. The Morgan fingerprint density at radius 3 is 3.04 bits per heavy atom. The number of hydrogen-bond donors (Lipinski definition) is 2. The van der Waals surface area contributed by atoms with Gasteiger partial charge >= 0.3 is 0 Å². The second-order valence-corrected chi connectivity index (χ2v) is 7.12. The van der Waals surface area contributed by atoms with Crippen LogP contribution in [0.25, 0.3) is 0 Å². The molecular formula is C20H28N6O. The molecule has 27 heavy (non-hydrogen) atoms. The van der Waals surface area contributed by atoms with E-state index in [0.29, 0.717) is 6.54 Å². The highest BCUT2D eigenvalue weighted by molar-refractivity contribution is 5.79. The van der Waals surface area contributed by atoms with Crippen molar-refractivity contribution in [1.82, 2.24) is 25.4 Å². The van der Waals surface area contributed by atoms with Gasteiger partial charge in [0.2, 0.25) is 0 Å². The fraction of sp³-hybridized carbons (Fsp3) is 0.550. The summed E-state index contributed by atoms with van der Waals surface area (Å²) in [5.74, 6) is 3.85. The van der Waals surface area contributed by atoms with E-state index in [0.717, 1.165) is 55.8 Å². The number of rotatable bonds is 5. The van der Waals surface area contributed by atoms with Crippen LogP contribution in [0, 0.1) is 0 Å². The molecule has 3 heterocycles.